The van der Waals surface area contributed by atoms with Gasteiger partial charge in [-0.3, -0.25) is 0 Å². The summed E-state index contributed by atoms with van der Waals surface area (Å²) < 4.78 is 11.5. The third-order valence-electron chi connectivity index (χ3n) is 2.77. The maximum absolute atomic E-state index is 5.33. The molecule has 0 saturated carbocycles. The molecule has 0 aliphatic heterocycles. The molecular formula is C14H17BrN2O2S. The van der Waals surface area contributed by atoms with Gasteiger partial charge < -0.3 is 14.8 Å². The monoisotopic (exact) mass is 356 g/mol. The van der Waals surface area contributed by atoms with Crippen LogP contribution in [0.2, 0.25) is 0 Å². The Bertz CT molecular complexity index is 587. The van der Waals surface area contributed by atoms with Gasteiger partial charge in [-0.05, 0) is 40.5 Å². The predicted octanol–water partition coefficient (Wildman–Crippen LogP) is 3.52. The Labute approximate surface area is 131 Å². The number of thiazole rings is 1. The lowest BCUT2D eigenvalue weighted by molar-refractivity contribution is 0.352. The Morgan fingerprint density at radius 2 is 2.05 bits per heavy atom. The summed E-state index contributed by atoms with van der Waals surface area (Å²) in [6, 6.07) is 4.01. The molecule has 0 saturated heterocycles. The summed E-state index contributed by atoms with van der Waals surface area (Å²) in [6.45, 7) is 3.58. The zero-order valence-corrected chi connectivity index (χ0v) is 14.1. The van der Waals surface area contributed by atoms with Gasteiger partial charge in [0.25, 0.3) is 0 Å². The first-order chi connectivity index (χ1) is 9.63. The first-order valence-electron chi connectivity index (χ1n) is 6.16. The first-order valence-corrected chi connectivity index (χ1v) is 7.77. The van der Waals surface area contributed by atoms with Crippen LogP contribution in [0.3, 0.4) is 0 Å². The summed E-state index contributed by atoms with van der Waals surface area (Å²) in [4.78, 5) is 5.56. The highest BCUT2D eigenvalue weighted by Gasteiger charge is 2.10. The third-order valence-corrected chi connectivity index (χ3v) is 4.27. The van der Waals surface area contributed by atoms with Gasteiger partial charge in [0, 0.05) is 24.2 Å². The highest BCUT2D eigenvalue weighted by atomic mass is 79.9. The molecule has 2 aromatic rings. The predicted molar refractivity (Wildman–Crippen MR) is 84.6 cm³/mol. The van der Waals surface area contributed by atoms with Crippen LogP contribution in [0, 0.1) is 6.92 Å². The number of halogens is 1. The quantitative estimate of drug-likeness (QED) is 0.859. The minimum atomic E-state index is 0.715. The average molecular weight is 357 g/mol. The van der Waals surface area contributed by atoms with Crippen LogP contribution in [0.1, 0.15) is 15.4 Å². The van der Waals surface area contributed by atoms with Gasteiger partial charge in [0.1, 0.15) is 5.01 Å². The Hall–Kier alpha value is -1.11. The molecule has 0 bridgehead atoms. The van der Waals surface area contributed by atoms with Crippen molar-refractivity contribution in [3.05, 3.63) is 38.3 Å². The average Bonchev–Trinajstić information content (AvgIpc) is 2.83. The summed E-state index contributed by atoms with van der Waals surface area (Å²) in [6.07, 6.45) is 1.90. The topological polar surface area (TPSA) is 43.4 Å². The molecular weight excluding hydrogens is 340 g/mol. The largest absolute Gasteiger partial charge is 0.493 e. The number of methoxy groups -OCH3 is 2. The molecule has 0 unspecified atom stereocenters. The molecule has 108 valence electrons. The number of nitrogens with zero attached hydrogens (tertiary/aromatic N) is 1. The van der Waals surface area contributed by atoms with Crippen molar-refractivity contribution in [1.82, 2.24) is 10.3 Å². The minimum absolute atomic E-state index is 0.715. The molecule has 0 aliphatic carbocycles. The smallest absolute Gasteiger partial charge is 0.174 e. The van der Waals surface area contributed by atoms with E-state index in [1.165, 1.54) is 4.88 Å². The van der Waals surface area contributed by atoms with E-state index in [2.05, 4.69) is 33.2 Å². The molecule has 2 rings (SSSR count). The van der Waals surface area contributed by atoms with Crippen molar-refractivity contribution in [1.29, 1.82) is 0 Å². The fourth-order valence-corrected chi connectivity index (χ4v) is 3.28. The zero-order valence-electron chi connectivity index (χ0n) is 11.7. The van der Waals surface area contributed by atoms with Crippen molar-refractivity contribution in [2.24, 2.45) is 0 Å². The first kappa shape index (κ1) is 15.3. The van der Waals surface area contributed by atoms with E-state index in [0.29, 0.717) is 5.75 Å². The van der Waals surface area contributed by atoms with Crippen LogP contribution in [-0.2, 0) is 13.1 Å². The Balaban J connectivity index is 2.01. The van der Waals surface area contributed by atoms with Crippen LogP contribution in [0.15, 0.2) is 22.8 Å². The molecule has 0 fully saturated rings. The number of rotatable bonds is 6. The third kappa shape index (κ3) is 3.71. The molecule has 0 amide bonds. The van der Waals surface area contributed by atoms with E-state index in [4.69, 9.17) is 9.47 Å². The number of nitrogens with one attached hydrogen (secondary N) is 1. The minimum Gasteiger partial charge on any atom is -0.493 e. The molecule has 0 spiro atoms. The molecule has 4 nitrogen and oxygen atoms in total. The van der Waals surface area contributed by atoms with Crippen molar-refractivity contribution >= 4 is 27.3 Å². The van der Waals surface area contributed by atoms with E-state index in [9.17, 15) is 0 Å². The van der Waals surface area contributed by atoms with E-state index in [1.807, 2.05) is 18.3 Å². The number of aryl methyl sites for hydroxylation is 1. The van der Waals surface area contributed by atoms with Gasteiger partial charge in [-0.15, -0.1) is 11.3 Å². The van der Waals surface area contributed by atoms with Crippen molar-refractivity contribution in [2.75, 3.05) is 14.2 Å². The summed E-state index contributed by atoms with van der Waals surface area (Å²) in [5, 5.41) is 4.48. The van der Waals surface area contributed by atoms with Crippen LogP contribution in [0.4, 0.5) is 0 Å². The van der Waals surface area contributed by atoms with Gasteiger partial charge in [-0.1, -0.05) is 0 Å². The Kier molecular flexibility index (Phi) is 5.39. The second-order valence-corrected chi connectivity index (χ2v) is 6.46. The van der Waals surface area contributed by atoms with Crippen LogP contribution >= 0.6 is 27.3 Å². The molecule has 1 aromatic carbocycles. The molecule has 20 heavy (non-hydrogen) atoms. The van der Waals surface area contributed by atoms with E-state index >= 15 is 0 Å². The Morgan fingerprint density at radius 3 is 2.65 bits per heavy atom. The number of benzene rings is 1. The van der Waals surface area contributed by atoms with Gasteiger partial charge in [0.15, 0.2) is 11.5 Å². The lowest BCUT2D eigenvalue weighted by atomic mass is 10.2. The summed E-state index contributed by atoms with van der Waals surface area (Å²) in [5.74, 6) is 1.44. The maximum Gasteiger partial charge on any atom is 0.174 e. The number of hydrogen-bond donors (Lipinski definition) is 1. The van der Waals surface area contributed by atoms with Crippen LogP contribution in [-0.4, -0.2) is 19.2 Å². The van der Waals surface area contributed by atoms with Crippen LogP contribution < -0.4 is 14.8 Å². The molecule has 6 heteroatoms. The zero-order chi connectivity index (χ0) is 14.5. The molecule has 1 aromatic heterocycles. The van der Waals surface area contributed by atoms with Gasteiger partial charge in [-0.2, -0.15) is 0 Å². The van der Waals surface area contributed by atoms with Crippen molar-refractivity contribution in [2.45, 2.75) is 20.0 Å². The highest BCUT2D eigenvalue weighted by molar-refractivity contribution is 9.10. The van der Waals surface area contributed by atoms with Gasteiger partial charge >= 0.3 is 0 Å². The van der Waals surface area contributed by atoms with E-state index in [-0.39, 0.29) is 0 Å². The molecule has 1 heterocycles. The van der Waals surface area contributed by atoms with Crippen molar-refractivity contribution in [3.8, 4) is 11.5 Å². The normalized spacial score (nSPS) is 10.6. The fraction of sp³-hybridized carbons (Fsp3) is 0.357. The van der Waals surface area contributed by atoms with Gasteiger partial charge in [-0.25, -0.2) is 4.98 Å². The van der Waals surface area contributed by atoms with Crippen molar-refractivity contribution in [3.63, 3.8) is 0 Å². The fourth-order valence-electron chi connectivity index (χ4n) is 1.87. The lowest BCUT2D eigenvalue weighted by Crippen LogP contribution is -2.12. The number of ether oxygens (including phenoxy) is 2. The molecule has 1 N–H and O–H groups in total. The number of aromatic nitrogens is 1. The molecule has 0 atom stereocenters. The van der Waals surface area contributed by atoms with E-state index in [0.717, 1.165) is 33.9 Å². The standard InChI is InChI=1S/C14H17BrN2O2S/c1-9-6-17-13(20-9)8-16-7-10-4-11(15)14(19-3)12(5-10)18-2/h4-6,16H,7-8H2,1-3H3. The molecule has 0 radical (unpaired) electrons. The second kappa shape index (κ2) is 7.06. The van der Waals surface area contributed by atoms with E-state index < -0.39 is 0 Å². The lowest BCUT2D eigenvalue weighted by Gasteiger charge is -2.12. The summed E-state index contributed by atoms with van der Waals surface area (Å²) >= 11 is 5.21. The highest BCUT2D eigenvalue weighted by Crippen LogP contribution is 2.36. The Morgan fingerprint density at radius 1 is 1.25 bits per heavy atom. The number of hydrogen-bond acceptors (Lipinski definition) is 5. The van der Waals surface area contributed by atoms with Crippen LogP contribution in [0.5, 0.6) is 11.5 Å². The van der Waals surface area contributed by atoms with E-state index in [1.54, 1.807) is 25.6 Å². The summed E-state index contributed by atoms with van der Waals surface area (Å²) in [5.41, 5.74) is 1.13. The SMILES string of the molecule is COc1cc(CNCc2ncc(C)s2)cc(Br)c1OC. The second-order valence-electron chi connectivity index (χ2n) is 4.28. The van der Waals surface area contributed by atoms with Crippen LogP contribution in [0.25, 0.3) is 0 Å². The van der Waals surface area contributed by atoms with Crippen molar-refractivity contribution < 1.29 is 9.47 Å². The molecule has 0 aliphatic rings. The maximum atomic E-state index is 5.33. The van der Waals surface area contributed by atoms with Gasteiger partial charge in [0.05, 0.1) is 18.7 Å². The summed E-state index contributed by atoms with van der Waals surface area (Å²) in [7, 11) is 3.27. The van der Waals surface area contributed by atoms with Gasteiger partial charge in [0.2, 0.25) is 0 Å².